The summed E-state index contributed by atoms with van der Waals surface area (Å²) < 4.78 is 0. The van der Waals surface area contributed by atoms with Crippen LogP contribution >= 0.6 is 35.0 Å². The van der Waals surface area contributed by atoms with Crippen molar-refractivity contribution in [1.29, 1.82) is 0 Å². The number of aryl methyl sites for hydroxylation is 1. The van der Waals surface area contributed by atoms with Crippen molar-refractivity contribution in [2.45, 2.75) is 58.5 Å². The third kappa shape index (κ3) is 8.06. The summed E-state index contributed by atoms with van der Waals surface area (Å²) in [4.78, 5) is 27.5. The molecule has 2 rings (SSSR count). The molecular weight excluding hydrogens is 451 g/mol. The van der Waals surface area contributed by atoms with Gasteiger partial charge in [0, 0.05) is 28.4 Å². The van der Waals surface area contributed by atoms with Crippen LogP contribution in [0.5, 0.6) is 0 Å². The summed E-state index contributed by atoms with van der Waals surface area (Å²) in [6.07, 6.45) is 0.821. The largest absolute Gasteiger partial charge is 0.352 e. The van der Waals surface area contributed by atoms with E-state index in [1.165, 1.54) is 22.9 Å². The number of amides is 2. The van der Waals surface area contributed by atoms with E-state index in [2.05, 4.69) is 29.6 Å². The maximum absolute atomic E-state index is 13.1. The fourth-order valence-corrected chi connectivity index (χ4v) is 4.24. The second-order valence-corrected chi connectivity index (χ2v) is 9.56. The van der Waals surface area contributed by atoms with Crippen molar-refractivity contribution in [1.82, 2.24) is 10.2 Å². The number of carbonyl (C=O) groups excluding carboxylic acids is 2. The molecule has 0 saturated carbocycles. The molecule has 31 heavy (non-hydrogen) atoms. The number of hydrogen-bond acceptors (Lipinski definition) is 3. The second kappa shape index (κ2) is 12.4. The lowest BCUT2D eigenvalue weighted by molar-refractivity contribution is -0.138. The summed E-state index contributed by atoms with van der Waals surface area (Å²) in [5, 5.41) is 3.98. The monoisotopic (exact) mass is 480 g/mol. The van der Waals surface area contributed by atoms with Crippen molar-refractivity contribution in [2.75, 3.05) is 5.75 Å². The van der Waals surface area contributed by atoms with E-state index in [0.29, 0.717) is 10.0 Å². The van der Waals surface area contributed by atoms with Crippen molar-refractivity contribution in [3.63, 3.8) is 0 Å². The Morgan fingerprint density at radius 1 is 1.10 bits per heavy atom. The molecule has 0 spiro atoms. The minimum absolute atomic E-state index is 0.0435. The Labute approximate surface area is 199 Å². The molecule has 0 fully saturated rings. The molecule has 0 bridgehead atoms. The number of hydrogen-bond donors (Lipinski definition) is 1. The molecule has 0 aliphatic heterocycles. The van der Waals surface area contributed by atoms with Gasteiger partial charge in [0.15, 0.2) is 0 Å². The molecule has 0 saturated heterocycles. The number of nitrogens with one attached hydrogen (secondary N) is 1. The topological polar surface area (TPSA) is 49.4 Å². The predicted molar refractivity (Wildman–Crippen MR) is 132 cm³/mol. The first-order chi connectivity index (χ1) is 14.7. The van der Waals surface area contributed by atoms with E-state index in [4.69, 9.17) is 23.2 Å². The van der Waals surface area contributed by atoms with Crippen LogP contribution in [0.3, 0.4) is 0 Å². The lowest BCUT2D eigenvalue weighted by atomic mass is 10.1. The zero-order valence-electron chi connectivity index (χ0n) is 18.5. The fourth-order valence-electron chi connectivity index (χ4n) is 2.90. The third-order valence-electron chi connectivity index (χ3n) is 5.14. The zero-order valence-corrected chi connectivity index (χ0v) is 20.8. The third-order valence-corrected chi connectivity index (χ3v) is 6.71. The van der Waals surface area contributed by atoms with Crippen LogP contribution in [-0.4, -0.2) is 34.6 Å². The molecule has 0 aliphatic carbocycles. The number of benzene rings is 2. The summed E-state index contributed by atoms with van der Waals surface area (Å²) in [6, 6.07) is 12.9. The normalized spacial score (nSPS) is 12.8. The Balaban J connectivity index is 2.11. The summed E-state index contributed by atoms with van der Waals surface area (Å²) in [7, 11) is 0. The van der Waals surface area contributed by atoms with Crippen LogP contribution in [0, 0.1) is 6.92 Å². The lowest BCUT2D eigenvalue weighted by Gasteiger charge is -2.30. The highest BCUT2D eigenvalue weighted by Crippen LogP contribution is 2.24. The molecule has 4 nitrogen and oxygen atoms in total. The van der Waals surface area contributed by atoms with Crippen LogP contribution in [0.2, 0.25) is 10.0 Å². The predicted octanol–water partition coefficient (Wildman–Crippen LogP) is 5.87. The smallest absolute Gasteiger partial charge is 0.242 e. The number of carbonyl (C=O) groups is 2. The first-order valence-electron chi connectivity index (χ1n) is 10.4. The van der Waals surface area contributed by atoms with Gasteiger partial charge < -0.3 is 10.2 Å². The van der Waals surface area contributed by atoms with Gasteiger partial charge in [-0.2, -0.15) is 0 Å². The van der Waals surface area contributed by atoms with Crippen molar-refractivity contribution < 1.29 is 9.59 Å². The van der Waals surface area contributed by atoms with E-state index in [9.17, 15) is 9.59 Å². The maximum Gasteiger partial charge on any atom is 0.242 e. The molecule has 2 atom stereocenters. The van der Waals surface area contributed by atoms with E-state index in [0.717, 1.165) is 17.7 Å². The molecule has 0 unspecified atom stereocenters. The van der Waals surface area contributed by atoms with E-state index < -0.39 is 6.04 Å². The van der Waals surface area contributed by atoms with Crippen molar-refractivity contribution in [3.8, 4) is 0 Å². The Bertz CT molecular complexity index is 890. The van der Waals surface area contributed by atoms with Crippen LogP contribution in [0.4, 0.5) is 0 Å². The van der Waals surface area contributed by atoms with Gasteiger partial charge in [-0.15, -0.1) is 11.8 Å². The average molecular weight is 481 g/mol. The van der Waals surface area contributed by atoms with Gasteiger partial charge in [0.05, 0.1) is 5.75 Å². The summed E-state index contributed by atoms with van der Waals surface area (Å²) in [5.74, 6) is 0.737. The molecule has 7 heteroatoms. The van der Waals surface area contributed by atoms with Gasteiger partial charge in [0.1, 0.15) is 6.04 Å². The SMILES string of the molecule is CC[C@@H](C)NC(=O)[C@H](C)N(Cc1ccc(Cl)cc1Cl)C(=O)CSCc1ccc(C)cc1. The molecule has 168 valence electrons. The van der Waals surface area contributed by atoms with Crippen LogP contribution in [0.15, 0.2) is 42.5 Å². The Morgan fingerprint density at radius 3 is 2.39 bits per heavy atom. The minimum atomic E-state index is -0.617. The Kier molecular flexibility index (Phi) is 10.2. The van der Waals surface area contributed by atoms with Gasteiger partial charge >= 0.3 is 0 Å². The van der Waals surface area contributed by atoms with E-state index in [1.54, 1.807) is 30.0 Å². The van der Waals surface area contributed by atoms with Crippen LogP contribution in [-0.2, 0) is 21.9 Å². The molecule has 0 aromatic heterocycles. The van der Waals surface area contributed by atoms with E-state index >= 15 is 0 Å². The van der Waals surface area contributed by atoms with Gasteiger partial charge in [0.2, 0.25) is 11.8 Å². The number of thioether (sulfide) groups is 1. The fraction of sp³-hybridized carbons (Fsp3) is 0.417. The zero-order chi connectivity index (χ0) is 23.0. The Hall–Kier alpha value is -1.69. The number of halogens is 2. The van der Waals surface area contributed by atoms with Gasteiger partial charge in [-0.25, -0.2) is 0 Å². The molecule has 0 heterocycles. The van der Waals surface area contributed by atoms with E-state index in [-0.39, 0.29) is 30.2 Å². The summed E-state index contributed by atoms with van der Waals surface area (Å²) in [6.45, 7) is 8.00. The van der Waals surface area contributed by atoms with Gasteiger partial charge in [-0.3, -0.25) is 9.59 Å². The maximum atomic E-state index is 13.1. The van der Waals surface area contributed by atoms with Crippen molar-refractivity contribution in [2.24, 2.45) is 0 Å². The van der Waals surface area contributed by atoms with Crippen molar-refractivity contribution >= 4 is 46.8 Å². The highest BCUT2D eigenvalue weighted by Gasteiger charge is 2.27. The molecule has 0 aliphatic rings. The Morgan fingerprint density at radius 2 is 1.77 bits per heavy atom. The average Bonchev–Trinajstić information content (AvgIpc) is 2.73. The van der Waals surface area contributed by atoms with Gasteiger partial charge in [0.25, 0.3) is 0 Å². The summed E-state index contributed by atoms with van der Waals surface area (Å²) >= 11 is 13.9. The minimum Gasteiger partial charge on any atom is -0.352 e. The molecule has 2 amide bonds. The quantitative estimate of drug-likeness (QED) is 0.462. The van der Waals surface area contributed by atoms with E-state index in [1.807, 2.05) is 20.8 Å². The first kappa shape index (κ1) is 25.6. The molecule has 2 aromatic carbocycles. The molecule has 2 aromatic rings. The summed E-state index contributed by atoms with van der Waals surface area (Å²) in [5.41, 5.74) is 3.13. The van der Waals surface area contributed by atoms with Crippen LogP contribution in [0.1, 0.15) is 43.9 Å². The van der Waals surface area contributed by atoms with Crippen LogP contribution in [0.25, 0.3) is 0 Å². The molecule has 0 radical (unpaired) electrons. The standard InChI is InChI=1S/C24H30Cl2N2O2S/c1-5-17(3)27-24(30)18(4)28(13-20-10-11-21(25)12-22(20)26)23(29)15-31-14-19-8-6-16(2)7-9-19/h6-12,17-18H,5,13-15H2,1-4H3,(H,27,30)/t17-,18+/m1/s1. The highest BCUT2D eigenvalue weighted by atomic mass is 35.5. The highest BCUT2D eigenvalue weighted by molar-refractivity contribution is 7.99. The lowest BCUT2D eigenvalue weighted by Crippen LogP contribution is -2.50. The number of nitrogens with zero attached hydrogens (tertiary/aromatic N) is 1. The van der Waals surface area contributed by atoms with Crippen LogP contribution < -0.4 is 5.32 Å². The molecular formula is C24H30Cl2N2O2S. The first-order valence-corrected chi connectivity index (χ1v) is 12.3. The van der Waals surface area contributed by atoms with Crippen molar-refractivity contribution in [3.05, 3.63) is 69.2 Å². The number of rotatable bonds is 10. The van der Waals surface area contributed by atoms with Gasteiger partial charge in [-0.1, -0.05) is 66.0 Å². The second-order valence-electron chi connectivity index (χ2n) is 7.73. The van der Waals surface area contributed by atoms with Gasteiger partial charge in [-0.05, 0) is 50.5 Å². The molecule has 1 N–H and O–H groups in total.